The van der Waals surface area contributed by atoms with Crippen LogP contribution >= 0.6 is 24.8 Å². The van der Waals surface area contributed by atoms with Gasteiger partial charge < -0.3 is 11.1 Å². The second-order valence-corrected chi connectivity index (χ2v) is 4.90. The number of nitrogens with zero attached hydrogens (tertiary/aromatic N) is 1. The molecule has 1 atom stereocenters. The van der Waals surface area contributed by atoms with E-state index in [-0.39, 0.29) is 36.8 Å². The second-order valence-electron chi connectivity index (χ2n) is 4.90. The Bertz CT molecular complexity index is 559. The van der Waals surface area contributed by atoms with Crippen molar-refractivity contribution in [2.24, 2.45) is 5.73 Å². The SMILES string of the molecule is CC(N)CC(=O)NCc1ccc(-c2cccnc2)cc1.Cl.Cl. The van der Waals surface area contributed by atoms with Crippen molar-refractivity contribution in [2.45, 2.75) is 25.9 Å². The molecule has 2 rings (SSSR count). The van der Waals surface area contributed by atoms with Crippen molar-refractivity contribution < 1.29 is 4.79 Å². The van der Waals surface area contributed by atoms with Gasteiger partial charge in [0.05, 0.1) is 0 Å². The van der Waals surface area contributed by atoms with Gasteiger partial charge in [0, 0.05) is 31.4 Å². The van der Waals surface area contributed by atoms with E-state index in [1.54, 1.807) is 6.20 Å². The van der Waals surface area contributed by atoms with E-state index in [0.717, 1.165) is 16.7 Å². The van der Waals surface area contributed by atoms with E-state index in [1.165, 1.54) is 0 Å². The highest BCUT2D eigenvalue weighted by molar-refractivity contribution is 5.85. The summed E-state index contributed by atoms with van der Waals surface area (Å²) >= 11 is 0. The molecule has 120 valence electrons. The quantitative estimate of drug-likeness (QED) is 0.878. The zero-order chi connectivity index (χ0) is 14.4. The summed E-state index contributed by atoms with van der Waals surface area (Å²) in [5, 5.41) is 2.86. The predicted octanol–water partition coefficient (Wildman–Crippen LogP) is 2.95. The monoisotopic (exact) mass is 341 g/mol. The van der Waals surface area contributed by atoms with E-state index < -0.39 is 0 Å². The third-order valence-corrected chi connectivity index (χ3v) is 2.95. The van der Waals surface area contributed by atoms with Gasteiger partial charge in [-0.2, -0.15) is 0 Å². The summed E-state index contributed by atoms with van der Waals surface area (Å²) in [6, 6.07) is 11.9. The van der Waals surface area contributed by atoms with Crippen LogP contribution in [0.2, 0.25) is 0 Å². The molecule has 0 aliphatic carbocycles. The van der Waals surface area contributed by atoms with E-state index in [0.29, 0.717) is 13.0 Å². The molecule has 1 aromatic carbocycles. The third-order valence-electron chi connectivity index (χ3n) is 2.95. The third kappa shape index (κ3) is 6.43. The summed E-state index contributed by atoms with van der Waals surface area (Å²) in [6.45, 7) is 2.35. The molecule has 1 aromatic heterocycles. The maximum atomic E-state index is 11.5. The van der Waals surface area contributed by atoms with E-state index >= 15 is 0 Å². The highest BCUT2D eigenvalue weighted by Crippen LogP contribution is 2.18. The van der Waals surface area contributed by atoms with E-state index in [1.807, 2.05) is 49.5 Å². The number of nitrogens with two attached hydrogens (primary N) is 1. The first-order valence-electron chi connectivity index (χ1n) is 6.67. The van der Waals surface area contributed by atoms with Crippen LogP contribution in [0.15, 0.2) is 48.8 Å². The molecule has 0 aliphatic heterocycles. The number of pyridine rings is 1. The van der Waals surface area contributed by atoms with Crippen LogP contribution in [0.3, 0.4) is 0 Å². The summed E-state index contributed by atoms with van der Waals surface area (Å²) in [7, 11) is 0. The van der Waals surface area contributed by atoms with Crippen LogP contribution in [0, 0.1) is 0 Å². The summed E-state index contributed by atoms with van der Waals surface area (Å²) in [4.78, 5) is 15.6. The molecule has 0 bridgehead atoms. The van der Waals surface area contributed by atoms with Gasteiger partial charge in [-0.3, -0.25) is 9.78 Å². The summed E-state index contributed by atoms with van der Waals surface area (Å²) < 4.78 is 0. The topological polar surface area (TPSA) is 68.0 Å². The molecule has 1 unspecified atom stereocenters. The van der Waals surface area contributed by atoms with Gasteiger partial charge in [0.25, 0.3) is 0 Å². The average molecular weight is 342 g/mol. The first-order valence-corrected chi connectivity index (χ1v) is 6.67. The number of halogens is 2. The zero-order valence-electron chi connectivity index (χ0n) is 12.4. The van der Waals surface area contributed by atoms with Crippen LogP contribution < -0.4 is 11.1 Å². The molecule has 0 radical (unpaired) electrons. The normalized spacial score (nSPS) is 10.8. The number of carbonyl (C=O) groups is 1. The fraction of sp³-hybridized carbons (Fsp3) is 0.250. The Balaban J connectivity index is 0.00000220. The van der Waals surface area contributed by atoms with Crippen molar-refractivity contribution in [3.05, 3.63) is 54.4 Å². The molecule has 6 heteroatoms. The molecule has 0 aliphatic rings. The van der Waals surface area contributed by atoms with Crippen LogP contribution in [0.5, 0.6) is 0 Å². The Hall–Kier alpha value is -1.62. The van der Waals surface area contributed by atoms with Crippen molar-refractivity contribution in [3.63, 3.8) is 0 Å². The van der Waals surface area contributed by atoms with Gasteiger partial charge in [-0.1, -0.05) is 30.3 Å². The number of hydrogen-bond donors (Lipinski definition) is 2. The minimum Gasteiger partial charge on any atom is -0.352 e. The summed E-state index contributed by atoms with van der Waals surface area (Å²) in [5.74, 6) is -0.0173. The molecule has 1 heterocycles. The van der Waals surface area contributed by atoms with Crippen LogP contribution in [0.25, 0.3) is 11.1 Å². The molecule has 0 saturated carbocycles. The lowest BCUT2D eigenvalue weighted by atomic mass is 10.1. The Labute approximate surface area is 143 Å². The maximum absolute atomic E-state index is 11.5. The van der Waals surface area contributed by atoms with Gasteiger partial charge in [-0.25, -0.2) is 0 Å². The number of aromatic nitrogens is 1. The van der Waals surface area contributed by atoms with Gasteiger partial charge >= 0.3 is 0 Å². The predicted molar refractivity (Wildman–Crippen MR) is 94.3 cm³/mol. The maximum Gasteiger partial charge on any atom is 0.221 e. The van der Waals surface area contributed by atoms with Crippen LogP contribution in [-0.2, 0) is 11.3 Å². The lowest BCUT2D eigenvalue weighted by Gasteiger charge is -2.08. The lowest BCUT2D eigenvalue weighted by Crippen LogP contribution is -2.29. The van der Waals surface area contributed by atoms with Crippen molar-refractivity contribution in [1.82, 2.24) is 10.3 Å². The summed E-state index contributed by atoms with van der Waals surface area (Å²) in [5.41, 5.74) is 8.84. The average Bonchev–Trinajstić information content (AvgIpc) is 2.46. The fourth-order valence-electron chi connectivity index (χ4n) is 1.91. The number of carbonyl (C=O) groups excluding carboxylic acids is 1. The Morgan fingerprint density at radius 1 is 1.18 bits per heavy atom. The Morgan fingerprint density at radius 3 is 2.41 bits per heavy atom. The largest absolute Gasteiger partial charge is 0.352 e. The van der Waals surface area contributed by atoms with Crippen LogP contribution in [-0.4, -0.2) is 16.9 Å². The number of hydrogen-bond acceptors (Lipinski definition) is 3. The first-order chi connectivity index (χ1) is 9.65. The van der Waals surface area contributed by atoms with Gasteiger partial charge in [0.15, 0.2) is 0 Å². The second kappa shape index (κ2) is 10.2. The number of amides is 1. The molecule has 3 N–H and O–H groups in total. The zero-order valence-corrected chi connectivity index (χ0v) is 14.0. The molecular weight excluding hydrogens is 321 g/mol. The Morgan fingerprint density at radius 2 is 1.86 bits per heavy atom. The van der Waals surface area contributed by atoms with E-state index in [9.17, 15) is 4.79 Å². The van der Waals surface area contributed by atoms with Crippen molar-refractivity contribution in [3.8, 4) is 11.1 Å². The standard InChI is InChI=1S/C16H19N3O.2ClH/c1-12(17)9-16(20)19-10-13-4-6-14(7-5-13)15-3-2-8-18-11-15;;/h2-8,11-12H,9-10,17H2,1H3,(H,19,20);2*1H. The minimum absolute atomic E-state index is 0. The molecule has 4 nitrogen and oxygen atoms in total. The molecule has 2 aromatic rings. The van der Waals surface area contributed by atoms with Gasteiger partial charge in [0.1, 0.15) is 0 Å². The minimum atomic E-state index is -0.108. The first kappa shape index (κ1) is 20.4. The van der Waals surface area contributed by atoms with Crippen LogP contribution in [0.1, 0.15) is 18.9 Å². The molecule has 22 heavy (non-hydrogen) atoms. The molecule has 0 spiro atoms. The van der Waals surface area contributed by atoms with Gasteiger partial charge in [-0.05, 0) is 29.7 Å². The van der Waals surface area contributed by atoms with Crippen molar-refractivity contribution >= 4 is 30.7 Å². The Kier molecular flexibility index (Phi) is 9.42. The molecular formula is C16H21Cl2N3O. The van der Waals surface area contributed by atoms with Crippen molar-refractivity contribution in [2.75, 3.05) is 0 Å². The molecule has 1 amide bonds. The lowest BCUT2D eigenvalue weighted by molar-refractivity contribution is -0.121. The van der Waals surface area contributed by atoms with Crippen molar-refractivity contribution in [1.29, 1.82) is 0 Å². The highest BCUT2D eigenvalue weighted by Gasteiger charge is 2.04. The summed E-state index contributed by atoms with van der Waals surface area (Å²) in [6.07, 6.45) is 3.94. The smallest absolute Gasteiger partial charge is 0.221 e. The van der Waals surface area contributed by atoms with E-state index in [2.05, 4.69) is 10.3 Å². The van der Waals surface area contributed by atoms with E-state index in [4.69, 9.17) is 5.73 Å². The molecule has 0 fully saturated rings. The van der Waals surface area contributed by atoms with Gasteiger partial charge in [0.2, 0.25) is 5.91 Å². The number of benzene rings is 1. The number of nitrogens with one attached hydrogen (secondary N) is 1. The van der Waals surface area contributed by atoms with Crippen LogP contribution in [0.4, 0.5) is 0 Å². The number of rotatable bonds is 5. The fourth-order valence-corrected chi connectivity index (χ4v) is 1.91. The van der Waals surface area contributed by atoms with Gasteiger partial charge in [-0.15, -0.1) is 24.8 Å². The molecule has 0 saturated heterocycles. The highest BCUT2D eigenvalue weighted by atomic mass is 35.5.